The zero-order valence-corrected chi connectivity index (χ0v) is 15.9. The third-order valence-corrected chi connectivity index (χ3v) is 4.92. The topological polar surface area (TPSA) is 49.4 Å². The number of carbonyl (C=O) groups excluding carboxylic acids is 2. The zero-order chi connectivity index (χ0) is 18.1. The Morgan fingerprint density at radius 3 is 2.36 bits per heavy atom. The van der Waals surface area contributed by atoms with Crippen LogP contribution in [-0.4, -0.2) is 36.3 Å². The van der Waals surface area contributed by atoms with Crippen molar-refractivity contribution in [1.82, 2.24) is 10.2 Å². The second kappa shape index (κ2) is 10.4. The molecule has 1 heterocycles. The van der Waals surface area contributed by atoms with Crippen molar-refractivity contribution >= 4 is 23.4 Å². The van der Waals surface area contributed by atoms with E-state index in [-0.39, 0.29) is 17.7 Å². The van der Waals surface area contributed by atoms with Crippen molar-refractivity contribution in [3.63, 3.8) is 0 Å². The number of rotatable bonds is 7. The summed E-state index contributed by atoms with van der Waals surface area (Å²) >= 11 is 5.86. The Kier molecular flexibility index (Phi) is 8.26. The van der Waals surface area contributed by atoms with Gasteiger partial charge in [0.15, 0.2) is 0 Å². The van der Waals surface area contributed by atoms with Crippen LogP contribution in [0.4, 0.5) is 0 Å². The molecule has 1 aromatic rings. The molecule has 138 valence electrons. The summed E-state index contributed by atoms with van der Waals surface area (Å²) in [6, 6.07) is 7.65. The molecule has 0 aromatic heterocycles. The number of benzene rings is 1. The minimum Gasteiger partial charge on any atom is -0.356 e. The van der Waals surface area contributed by atoms with E-state index in [1.165, 1.54) is 12.8 Å². The molecule has 1 aliphatic rings. The number of nitrogens with zero attached hydrogens (tertiary/aromatic N) is 1. The molecule has 1 N–H and O–H groups in total. The summed E-state index contributed by atoms with van der Waals surface area (Å²) in [7, 11) is 0. The third-order valence-electron chi connectivity index (χ3n) is 4.66. The molecule has 1 unspecified atom stereocenters. The van der Waals surface area contributed by atoms with Crippen molar-refractivity contribution in [1.29, 1.82) is 0 Å². The van der Waals surface area contributed by atoms with Gasteiger partial charge in [-0.05, 0) is 42.9 Å². The van der Waals surface area contributed by atoms with Crippen molar-refractivity contribution in [3.05, 3.63) is 34.9 Å². The second-order valence-electron chi connectivity index (χ2n) is 7.03. The molecular weight excluding hydrogens is 336 g/mol. The fourth-order valence-electron chi connectivity index (χ4n) is 3.21. The van der Waals surface area contributed by atoms with Gasteiger partial charge in [0, 0.05) is 37.5 Å². The normalized spacial score (nSPS) is 16.2. The molecule has 25 heavy (non-hydrogen) atoms. The molecule has 0 radical (unpaired) electrons. The van der Waals surface area contributed by atoms with Gasteiger partial charge in [-0.15, -0.1) is 0 Å². The van der Waals surface area contributed by atoms with Crippen LogP contribution in [-0.2, 0) is 16.0 Å². The van der Waals surface area contributed by atoms with Gasteiger partial charge in [-0.3, -0.25) is 9.59 Å². The van der Waals surface area contributed by atoms with Gasteiger partial charge in [0.1, 0.15) is 0 Å². The lowest BCUT2D eigenvalue weighted by molar-refractivity contribution is -0.132. The first-order chi connectivity index (χ1) is 12.0. The maximum atomic E-state index is 12.4. The number of likely N-dealkylation sites (tertiary alicyclic amines) is 1. The van der Waals surface area contributed by atoms with E-state index >= 15 is 0 Å². The monoisotopic (exact) mass is 364 g/mol. The van der Waals surface area contributed by atoms with Crippen LogP contribution in [0.2, 0.25) is 5.02 Å². The van der Waals surface area contributed by atoms with Gasteiger partial charge in [0.25, 0.3) is 0 Å². The van der Waals surface area contributed by atoms with Crippen LogP contribution in [0.1, 0.15) is 51.0 Å². The molecule has 2 rings (SSSR count). The van der Waals surface area contributed by atoms with Gasteiger partial charge in [0.2, 0.25) is 11.8 Å². The van der Waals surface area contributed by atoms with Crippen LogP contribution >= 0.6 is 11.6 Å². The van der Waals surface area contributed by atoms with E-state index in [2.05, 4.69) is 5.32 Å². The molecule has 0 aliphatic carbocycles. The summed E-state index contributed by atoms with van der Waals surface area (Å²) in [5.74, 6) is 0.291. The maximum absolute atomic E-state index is 12.4. The molecule has 5 heteroatoms. The van der Waals surface area contributed by atoms with Gasteiger partial charge in [0.05, 0.1) is 0 Å². The first-order valence-electron chi connectivity index (χ1n) is 9.33. The summed E-state index contributed by atoms with van der Waals surface area (Å²) in [5.41, 5.74) is 1.15. The quantitative estimate of drug-likeness (QED) is 0.799. The summed E-state index contributed by atoms with van der Waals surface area (Å²) in [6.07, 6.45) is 6.29. The van der Waals surface area contributed by atoms with E-state index in [1.54, 1.807) is 0 Å². The molecule has 0 bridgehead atoms. The Labute approximate surface area is 155 Å². The average Bonchev–Trinajstić information content (AvgIpc) is 2.86. The SMILES string of the molecule is CC(CC(=O)NCCc1ccc(Cl)cc1)CC(=O)N1CCCCCC1. The second-order valence-corrected chi connectivity index (χ2v) is 7.47. The molecule has 1 atom stereocenters. The summed E-state index contributed by atoms with van der Waals surface area (Å²) in [6.45, 7) is 4.33. The van der Waals surface area contributed by atoms with Gasteiger partial charge in [-0.25, -0.2) is 0 Å². The van der Waals surface area contributed by atoms with Gasteiger partial charge < -0.3 is 10.2 Å². The maximum Gasteiger partial charge on any atom is 0.222 e. The van der Waals surface area contributed by atoms with E-state index < -0.39 is 0 Å². The van der Waals surface area contributed by atoms with Gasteiger partial charge in [-0.1, -0.05) is 43.5 Å². The number of carbonyl (C=O) groups is 2. The molecule has 1 fully saturated rings. The van der Waals surface area contributed by atoms with E-state index in [9.17, 15) is 9.59 Å². The van der Waals surface area contributed by atoms with Gasteiger partial charge in [-0.2, -0.15) is 0 Å². The first-order valence-corrected chi connectivity index (χ1v) is 9.71. The van der Waals surface area contributed by atoms with Crippen LogP contribution < -0.4 is 5.32 Å². The summed E-state index contributed by atoms with van der Waals surface area (Å²) in [4.78, 5) is 26.4. The lowest BCUT2D eigenvalue weighted by Crippen LogP contribution is -2.34. The predicted octanol–water partition coefficient (Wildman–Crippen LogP) is 3.82. The number of nitrogens with one attached hydrogen (secondary N) is 1. The number of hydrogen-bond acceptors (Lipinski definition) is 2. The van der Waals surface area contributed by atoms with E-state index in [0.29, 0.717) is 19.4 Å². The Balaban J connectivity index is 1.65. The third kappa shape index (κ3) is 7.47. The summed E-state index contributed by atoms with van der Waals surface area (Å²) in [5, 5.41) is 3.66. The molecule has 1 saturated heterocycles. The molecule has 4 nitrogen and oxygen atoms in total. The molecular formula is C20H29ClN2O2. The number of hydrogen-bond donors (Lipinski definition) is 1. The van der Waals surface area contributed by atoms with Gasteiger partial charge >= 0.3 is 0 Å². The van der Waals surface area contributed by atoms with E-state index in [4.69, 9.17) is 11.6 Å². The summed E-state index contributed by atoms with van der Waals surface area (Å²) < 4.78 is 0. The highest BCUT2D eigenvalue weighted by atomic mass is 35.5. The molecule has 1 aliphatic heterocycles. The molecule has 2 amide bonds. The first kappa shape index (κ1) is 19.8. The van der Waals surface area contributed by atoms with Crippen molar-refractivity contribution in [2.24, 2.45) is 5.92 Å². The smallest absolute Gasteiger partial charge is 0.222 e. The Morgan fingerprint density at radius 1 is 1.08 bits per heavy atom. The largest absolute Gasteiger partial charge is 0.356 e. The van der Waals surface area contributed by atoms with Crippen LogP contribution in [0.25, 0.3) is 0 Å². The Hall–Kier alpha value is -1.55. The lowest BCUT2D eigenvalue weighted by Gasteiger charge is -2.22. The van der Waals surface area contributed by atoms with Crippen molar-refractivity contribution in [2.75, 3.05) is 19.6 Å². The zero-order valence-electron chi connectivity index (χ0n) is 15.1. The highest BCUT2D eigenvalue weighted by Crippen LogP contribution is 2.15. The highest BCUT2D eigenvalue weighted by Gasteiger charge is 2.19. The standard InChI is InChI=1S/C20H29ClN2O2/c1-16(15-20(25)23-12-4-2-3-5-13-23)14-19(24)22-11-10-17-6-8-18(21)9-7-17/h6-9,16H,2-5,10-15H2,1H3,(H,22,24). The van der Waals surface area contributed by atoms with Crippen molar-refractivity contribution < 1.29 is 9.59 Å². The van der Waals surface area contributed by atoms with Crippen LogP contribution in [0.15, 0.2) is 24.3 Å². The van der Waals surface area contributed by atoms with E-state index in [1.807, 2.05) is 36.1 Å². The fourth-order valence-corrected chi connectivity index (χ4v) is 3.33. The Bertz CT molecular complexity index is 551. The minimum absolute atomic E-state index is 0.0186. The predicted molar refractivity (Wildman–Crippen MR) is 102 cm³/mol. The van der Waals surface area contributed by atoms with Crippen molar-refractivity contribution in [3.8, 4) is 0 Å². The van der Waals surface area contributed by atoms with Crippen LogP contribution in [0.3, 0.4) is 0 Å². The highest BCUT2D eigenvalue weighted by molar-refractivity contribution is 6.30. The number of amides is 2. The van der Waals surface area contributed by atoms with Crippen LogP contribution in [0.5, 0.6) is 0 Å². The number of halogens is 1. The minimum atomic E-state index is 0.0186. The van der Waals surface area contributed by atoms with Crippen LogP contribution in [0, 0.1) is 5.92 Å². The lowest BCUT2D eigenvalue weighted by atomic mass is 10.0. The molecule has 0 spiro atoms. The average molecular weight is 365 g/mol. The van der Waals surface area contributed by atoms with E-state index in [0.717, 1.165) is 42.9 Å². The molecule has 0 saturated carbocycles. The fraction of sp³-hybridized carbons (Fsp3) is 0.600. The van der Waals surface area contributed by atoms with Crippen molar-refractivity contribution in [2.45, 2.75) is 51.9 Å². The molecule has 1 aromatic carbocycles. The Morgan fingerprint density at radius 2 is 1.72 bits per heavy atom.